The van der Waals surface area contributed by atoms with Gasteiger partial charge in [0, 0.05) is 6.42 Å². The average Bonchev–Trinajstić information content (AvgIpc) is 2.38. The number of alkyl halides is 2. The van der Waals surface area contributed by atoms with E-state index in [0.29, 0.717) is 4.60 Å². The number of halogens is 3. The highest BCUT2D eigenvalue weighted by atomic mass is 79.9. The molecule has 5 heteroatoms. The third kappa shape index (κ3) is 1.07. The lowest BCUT2D eigenvalue weighted by molar-refractivity contribution is 0.0979. The van der Waals surface area contributed by atoms with Crippen LogP contribution < -0.4 is 0 Å². The number of rotatable bonds is 1. The van der Waals surface area contributed by atoms with Crippen molar-refractivity contribution in [3.8, 4) is 0 Å². The SMILES string of the molecule is FC1(F)CC1n1nccc1Br. The highest BCUT2D eigenvalue weighted by molar-refractivity contribution is 9.10. The lowest BCUT2D eigenvalue weighted by Crippen LogP contribution is -2.03. The van der Waals surface area contributed by atoms with Crippen molar-refractivity contribution in [2.24, 2.45) is 0 Å². The Morgan fingerprint density at radius 1 is 1.73 bits per heavy atom. The van der Waals surface area contributed by atoms with Crippen molar-refractivity contribution in [1.82, 2.24) is 9.78 Å². The van der Waals surface area contributed by atoms with Gasteiger partial charge in [-0.05, 0) is 22.0 Å². The Kier molecular flexibility index (Phi) is 1.33. The summed E-state index contributed by atoms with van der Waals surface area (Å²) >= 11 is 3.13. The van der Waals surface area contributed by atoms with Crippen LogP contribution in [0.25, 0.3) is 0 Å². The van der Waals surface area contributed by atoms with Gasteiger partial charge in [0.2, 0.25) is 0 Å². The first-order valence-electron chi connectivity index (χ1n) is 3.18. The molecule has 1 aliphatic carbocycles. The van der Waals surface area contributed by atoms with E-state index in [9.17, 15) is 8.78 Å². The minimum Gasteiger partial charge on any atom is -0.249 e. The van der Waals surface area contributed by atoms with Crippen molar-refractivity contribution in [3.63, 3.8) is 0 Å². The van der Waals surface area contributed by atoms with E-state index in [-0.39, 0.29) is 6.42 Å². The summed E-state index contributed by atoms with van der Waals surface area (Å²) in [6, 6.07) is 0.917. The molecule has 2 rings (SSSR count). The van der Waals surface area contributed by atoms with E-state index in [4.69, 9.17) is 0 Å². The zero-order valence-corrected chi connectivity index (χ0v) is 7.05. The van der Waals surface area contributed by atoms with Gasteiger partial charge in [-0.15, -0.1) is 0 Å². The van der Waals surface area contributed by atoms with Crippen LogP contribution in [0.3, 0.4) is 0 Å². The van der Waals surface area contributed by atoms with Crippen LogP contribution in [0.5, 0.6) is 0 Å². The highest BCUT2D eigenvalue weighted by Gasteiger charge is 2.59. The molecule has 0 spiro atoms. The van der Waals surface area contributed by atoms with Crippen LogP contribution in [0.2, 0.25) is 0 Å². The predicted molar refractivity (Wildman–Crippen MR) is 38.5 cm³/mol. The maximum Gasteiger partial charge on any atom is 0.272 e. The second-order valence-corrected chi connectivity index (χ2v) is 3.39. The van der Waals surface area contributed by atoms with Crippen molar-refractivity contribution >= 4 is 15.9 Å². The molecule has 0 N–H and O–H groups in total. The molecular weight excluding hydrogens is 218 g/mol. The lowest BCUT2D eigenvalue weighted by Gasteiger charge is -1.99. The Hall–Kier alpha value is -0.450. The number of nitrogens with zero attached hydrogens (tertiary/aromatic N) is 2. The molecule has 11 heavy (non-hydrogen) atoms. The lowest BCUT2D eigenvalue weighted by atomic mass is 10.6. The summed E-state index contributed by atoms with van der Waals surface area (Å²) in [5.74, 6) is -2.55. The number of aromatic nitrogens is 2. The van der Waals surface area contributed by atoms with Crippen LogP contribution in [0.1, 0.15) is 12.5 Å². The van der Waals surface area contributed by atoms with Crippen molar-refractivity contribution in [2.45, 2.75) is 18.4 Å². The molecule has 0 bridgehead atoms. The molecule has 0 radical (unpaired) electrons. The average molecular weight is 223 g/mol. The maximum atomic E-state index is 12.5. The Balaban J connectivity index is 2.27. The molecule has 1 aliphatic rings. The number of hydrogen-bond donors (Lipinski definition) is 0. The molecule has 1 atom stereocenters. The summed E-state index contributed by atoms with van der Waals surface area (Å²) in [5, 5.41) is 3.76. The minimum absolute atomic E-state index is 0.0900. The summed E-state index contributed by atoms with van der Waals surface area (Å²) < 4.78 is 26.8. The molecule has 2 nitrogen and oxygen atoms in total. The first-order valence-corrected chi connectivity index (χ1v) is 3.97. The van der Waals surface area contributed by atoms with Gasteiger partial charge >= 0.3 is 0 Å². The second kappa shape index (κ2) is 2.03. The highest BCUT2D eigenvalue weighted by Crippen LogP contribution is 2.52. The molecule has 1 saturated carbocycles. The fourth-order valence-corrected chi connectivity index (χ4v) is 1.45. The van der Waals surface area contributed by atoms with Crippen molar-refractivity contribution in [2.75, 3.05) is 0 Å². The van der Waals surface area contributed by atoms with Crippen LogP contribution in [0.4, 0.5) is 8.78 Å². The third-order valence-electron chi connectivity index (χ3n) is 1.71. The zero-order chi connectivity index (χ0) is 8.06. The van der Waals surface area contributed by atoms with Crippen molar-refractivity contribution < 1.29 is 8.78 Å². The minimum atomic E-state index is -2.55. The summed E-state index contributed by atoms with van der Waals surface area (Å²) in [5.41, 5.74) is 0. The van der Waals surface area contributed by atoms with Crippen LogP contribution in [-0.4, -0.2) is 15.7 Å². The molecule has 1 heterocycles. The molecular formula is C6H5BrF2N2. The van der Waals surface area contributed by atoms with E-state index in [2.05, 4.69) is 21.0 Å². The van der Waals surface area contributed by atoms with E-state index in [1.807, 2.05) is 0 Å². The van der Waals surface area contributed by atoms with E-state index < -0.39 is 12.0 Å². The molecule has 1 fully saturated rings. The predicted octanol–water partition coefficient (Wildman–Crippen LogP) is 2.23. The van der Waals surface area contributed by atoms with E-state index in [0.717, 1.165) is 0 Å². The summed E-state index contributed by atoms with van der Waals surface area (Å²) in [4.78, 5) is 0. The smallest absolute Gasteiger partial charge is 0.249 e. The monoisotopic (exact) mass is 222 g/mol. The topological polar surface area (TPSA) is 17.8 Å². The Labute approximate surface area is 70.3 Å². The van der Waals surface area contributed by atoms with Gasteiger partial charge in [-0.2, -0.15) is 5.10 Å². The summed E-state index contributed by atoms with van der Waals surface area (Å²) in [6.07, 6.45) is 1.41. The van der Waals surface area contributed by atoms with Crippen LogP contribution in [0, 0.1) is 0 Å². The zero-order valence-electron chi connectivity index (χ0n) is 5.47. The first-order chi connectivity index (χ1) is 5.11. The molecule has 0 saturated heterocycles. The molecule has 0 amide bonds. The van der Waals surface area contributed by atoms with Crippen LogP contribution >= 0.6 is 15.9 Å². The molecule has 0 aromatic carbocycles. The fourth-order valence-electron chi connectivity index (χ4n) is 0.992. The van der Waals surface area contributed by atoms with Crippen LogP contribution in [-0.2, 0) is 0 Å². The normalized spacial score (nSPS) is 27.0. The van der Waals surface area contributed by atoms with Gasteiger partial charge in [0.15, 0.2) is 0 Å². The van der Waals surface area contributed by atoms with Gasteiger partial charge in [0.25, 0.3) is 5.92 Å². The van der Waals surface area contributed by atoms with Gasteiger partial charge in [0.05, 0.1) is 6.20 Å². The molecule has 0 aliphatic heterocycles. The molecule has 60 valence electrons. The largest absolute Gasteiger partial charge is 0.272 e. The van der Waals surface area contributed by atoms with Gasteiger partial charge in [0.1, 0.15) is 10.6 Å². The van der Waals surface area contributed by atoms with E-state index in [1.54, 1.807) is 6.07 Å². The summed E-state index contributed by atoms with van der Waals surface area (Å²) in [6.45, 7) is 0. The van der Waals surface area contributed by atoms with E-state index >= 15 is 0 Å². The van der Waals surface area contributed by atoms with Gasteiger partial charge in [-0.1, -0.05) is 0 Å². The Morgan fingerprint density at radius 2 is 2.36 bits per heavy atom. The number of hydrogen-bond acceptors (Lipinski definition) is 1. The quantitative estimate of drug-likeness (QED) is 0.713. The van der Waals surface area contributed by atoms with Crippen LogP contribution in [0.15, 0.2) is 16.9 Å². The molecule has 1 unspecified atom stereocenters. The van der Waals surface area contributed by atoms with Gasteiger partial charge in [-0.25, -0.2) is 13.5 Å². The standard InChI is InChI=1S/C6H5BrF2N2/c7-5-1-2-10-11(5)4-3-6(4,8)9/h1-2,4H,3H2. The third-order valence-corrected chi connectivity index (χ3v) is 2.34. The van der Waals surface area contributed by atoms with Gasteiger partial charge in [-0.3, -0.25) is 0 Å². The van der Waals surface area contributed by atoms with E-state index in [1.165, 1.54) is 10.9 Å². The molecule has 1 aromatic heterocycles. The summed E-state index contributed by atoms with van der Waals surface area (Å²) in [7, 11) is 0. The molecule has 1 aromatic rings. The van der Waals surface area contributed by atoms with Crippen molar-refractivity contribution in [3.05, 3.63) is 16.9 Å². The maximum absolute atomic E-state index is 12.5. The Morgan fingerprint density at radius 3 is 2.73 bits per heavy atom. The van der Waals surface area contributed by atoms with Gasteiger partial charge < -0.3 is 0 Å². The Bertz CT molecular complexity index is 284. The fraction of sp³-hybridized carbons (Fsp3) is 0.500. The van der Waals surface area contributed by atoms with Crippen molar-refractivity contribution in [1.29, 1.82) is 0 Å². The second-order valence-electron chi connectivity index (χ2n) is 2.58. The first kappa shape index (κ1) is 7.21.